The lowest BCUT2D eigenvalue weighted by Gasteiger charge is -2.14. The summed E-state index contributed by atoms with van der Waals surface area (Å²) in [5.41, 5.74) is 3.58. The Morgan fingerprint density at radius 3 is 2.68 bits per heavy atom. The smallest absolute Gasteiger partial charge is 0.178 e. The van der Waals surface area contributed by atoms with E-state index in [9.17, 15) is 0 Å². The lowest BCUT2D eigenvalue weighted by Crippen LogP contribution is -2.05. The summed E-state index contributed by atoms with van der Waals surface area (Å²) in [6.07, 6.45) is 0. The average Bonchev–Trinajstić information content (AvgIpc) is 2.92. The zero-order chi connectivity index (χ0) is 13.6. The van der Waals surface area contributed by atoms with E-state index < -0.39 is 0 Å². The summed E-state index contributed by atoms with van der Waals surface area (Å²) in [6, 6.07) is 10.9. The van der Waals surface area contributed by atoms with E-state index >= 15 is 0 Å². The van der Waals surface area contributed by atoms with Crippen molar-refractivity contribution >= 4 is 34.6 Å². The second kappa shape index (κ2) is 4.62. The zero-order valence-electron chi connectivity index (χ0n) is 11.2. The molecule has 0 fully saturated rings. The Kier molecular flexibility index (Phi) is 3.07. The highest BCUT2D eigenvalue weighted by atomic mass is 32.1. The molecule has 98 valence electrons. The minimum Gasteiger partial charge on any atom is -0.331 e. The van der Waals surface area contributed by atoms with Gasteiger partial charge in [-0.2, -0.15) is 0 Å². The number of para-hydroxylation sites is 1. The number of aryl methyl sites for hydroxylation is 2. The summed E-state index contributed by atoms with van der Waals surface area (Å²) in [6.45, 7) is 6.48. The fourth-order valence-electron chi connectivity index (χ4n) is 2.53. The molecule has 0 saturated heterocycles. The predicted molar refractivity (Wildman–Crippen MR) is 84.7 cm³/mol. The standard InChI is InChI=1S/C15H16N2S2/c1-9-5-4-6-12-14(9)17(15(18)16-12)11(3)13-8-7-10(2)19-13/h4-8,11H,1-3H3,(H,16,18). The molecule has 3 aromatic rings. The Morgan fingerprint density at radius 2 is 2.00 bits per heavy atom. The molecular weight excluding hydrogens is 272 g/mol. The van der Waals surface area contributed by atoms with Crippen LogP contribution in [0.4, 0.5) is 0 Å². The number of H-pyrrole nitrogens is 1. The molecule has 0 bridgehead atoms. The summed E-state index contributed by atoms with van der Waals surface area (Å²) in [7, 11) is 0. The summed E-state index contributed by atoms with van der Waals surface area (Å²) in [5.74, 6) is 0. The van der Waals surface area contributed by atoms with Crippen molar-refractivity contribution < 1.29 is 0 Å². The van der Waals surface area contributed by atoms with Crippen LogP contribution in [0, 0.1) is 18.6 Å². The molecule has 4 heteroatoms. The lowest BCUT2D eigenvalue weighted by atomic mass is 10.2. The lowest BCUT2D eigenvalue weighted by molar-refractivity contribution is 0.659. The largest absolute Gasteiger partial charge is 0.331 e. The van der Waals surface area contributed by atoms with Gasteiger partial charge in [0.2, 0.25) is 0 Å². The van der Waals surface area contributed by atoms with Gasteiger partial charge in [-0.3, -0.25) is 0 Å². The van der Waals surface area contributed by atoms with Crippen LogP contribution >= 0.6 is 23.6 Å². The molecule has 2 aromatic heterocycles. The van der Waals surface area contributed by atoms with E-state index in [4.69, 9.17) is 12.2 Å². The number of aromatic nitrogens is 2. The molecule has 0 aliphatic carbocycles. The topological polar surface area (TPSA) is 20.7 Å². The van der Waals surface area contributed by atoms with Crippen molar-refractivity contribution in [2.75, 3.05) is 0 Å². The maximum atomic E-state index is 5.51. The SMILES string of the molecule is Cc1ccc(C(C)n2c(=S)[nH]c3cccc(C)c32)s1. The Hall–Kier alpha value is -1.39. The van der Waals surface area contributed by atoms with Crippen LogP contribution in [0.3, 0.4) is 0 Å². The first-order valence-corrected chi connectivity index (χ1v) is 7.56. The van der Waals surface area contributed by atoms with Gasteiger partial charge in [0, 0.05) is 9.75 Å². The number of benzene rings is 1. The van der Waals surface area contributed by atoms with Crippen molar-refractivity contribution in [3.63, 3.8) is 0 Å². The number of aromatic amines is 1. The van der Waals surface area contributed by atoms with Crippen molar-refractivity contribution in [2.45, 2.75) is 26.8 Å². The molecule has 1 unspecified atom stereocenters. The third-order valence-electron chi connectivity index (χ3n) is 3.50. The third kappa shape index (κ3) is 2.05. The highest BCUT2D eigenvalue weighted by Gasteiger charge is 2.15. The molecule has 19 heavy (non-hydrogen) atoms. The summed E-state index contributed by atoms with van der Waals surface area (Å²) >= 11 is 7.34. The summed E-state index contributed by atoms with van der Waals surface area (Å²) < 4.78 is 3.02. The van der Waals surface area contributed by atoms with E-state index in [0.29, 0.717) is 0 Å². The molecule has 1 aromatic carbocycles. The van der Waals surface area contributed by atoms with Gasteiger partial charge in [0.15, 0.2) is 4.77 Å². The van der Waals surface area contributed by atoms with Crippen molar-refractivity contribution in [2.24, 2.45) is 0 Å². The van der Waals surface area contributed by atoms with Crippen molar-refractivity contribution in [1.82, 2.24) is 9.55 Å². The molecule has 2 heterocycles. The second-order valence-corrected chi connectivity index (χ2v) is 6.60. The van der Waals surface area contributed by atoms with Crippen LogP contribution in [0.25, 0.3) is 11.0 Å². The molecule has 0 saturated carbocycles. The molecule has 0 aliphatic rings. The molecule has 3 rings (SSSR count). The third-order valence-corrected chi connectivity index (χ3v) is 4.97. The molecule has 2 nitrogen and oxygen atoms in total. The molecule has 1 N–H and O–H groups in total. The van der Waals surface area contributed by atoms with Crippen molar-refractivity contribution in [1.29, 1.82) is 0 Å². The van der Waals surface area contributed by atoms with E-state index in [-0.39, 0.29) is 6.04 Å². The van der Waals surface area contributed by atoms with Gasteiger partial charge in [0.05, 0.1) is 17.1 Å². The summed E-state index contributed by atoms with van der Waals surface area (Å²) in [4.78, 5) is 5.99. The number of rotatable bonds is 2. The van der Waals surface area contributed by atoms with Gasteiger partial charge < -0.3 is 9.55 Å². The van der Waals surface area contributed by atoms with E-state index in [1.165, 1.54) is 20.8 Å². The number of hydrogen-bond acceptors (Lipinski definition) is 2. The predicted octanol–water partition coefficient (Wildman–Crippen LogP) is 4.99. The fourth-order valence-corrected chi connectivity index (χ4v) is 3.81. The van der Waals surface area contributed by atoms with Crippen molar-refractivity contribution in [3.8, 4) is 0 Å². The molecule has 0 spiro atoms. The first-order valence-electron chi connectivity index (χ1n) is 6.34. The fraction of sp³-hybridized carbons (Fsp3) is 0.267. The highest BCUT2D eigenvalue weighted by molar-refractivity contribution is 7.71. The molecule has 0 amide bonds. The Morgan fingerprint density at radius 1 is 1.21 bits per heavy atom. The van der Waals surface area contributed by atoms with Gasteiger partial charge in [-0.25, -0.2) is 0 Å². The number of hydrogen-bond donors (Lipinski definition) is 1. The van der Waals surface area contributed by atoms with Crippen LogP contribution < -0.4 is 0 Å². The zero-order valence-corrected chi connectivity index (χ0v) is 12.9. The summed E-state index contributed by atoms with van der Waals surface area (Å²) in [5, 5.41) is 0. The minimum absolute atomic E-state index is 0.265. The van der Waals surface area contributed by atoms with Gasteiger partial charge in [-0.1, -0.05) is 12.1 Å². The number of thiophene rings is 1. The van der Waals surface area contributed by atoms with Crippen LogP contribution in [0.2, 0.25) is 0 Å². The van der Waals surface area contributed by atoms with Crippen molar-refractivity contribution in [3.05, 3.63) is 50.4 Å². The number of imidazole rings is 1. The monoisotopic (exact) mass is 288 g/mol. The highest BCUT2D eigenvalue weighted by Crippen LogP contribution is 2.30. The van der Waals surface area contributed by atoms with Crippen LogP contribution in [0.1, 0.15) is 28.3 Å². The first-order chi connectivity index (χ1) is 9.08. The maximum Gasteiger partial charge on any atom is 0.178 e. The van der Waals surface area contributed by atoms with Gasteiger partial charge in [-0.05, 0) is 56.8 Å². The van der Waals surface area contributed by atoms with E-state index in [1.54, 1.807) is 0 Å². The van der Waals surface area contributed by atoms with Crippen LogP contribution in [-0.2, 0) is 0 Å². The second-order valence-electron chi connectivity index (χ2n) is 4.90. The number of nitrogens with one attached hydrogen (secondary N) is 1. The average molecular weight is 288 g/mol. The van der Waals surface area contributed by atoms with Gasteiger partial charge in [-0.15, -0.1) is 11.3 Å². The van der Waals surface area contributed by atoms with Gasteiger partial charge >= 0.3 is 0 Å². The van der Waals surface area contributed by atoms with Crippen LogP contribution in [0.5, 0.6) is 0 Å². The van der Waals surface area contributed by atoms with Crippen LogP contribution in [0.15, 0.2) is 30.3 Å². The van der Waals surface area contributed by atoms with Gasteiger partial charge in [0.1, 0.15) is 0 Å². The quantitative estimate of drug-likeness (QED) is 0.659. The minimum atomic E-state index is 0.265. The Bertz CT molecular complexity index is 792. The molecule has 0 aliphatic heterocycles. The maximum absolute atomic E-state index is 5.51. The number of nitrogens with zero attached hydrogens (tertiary/aromatic N) is 1. The molecule has 1 atom stereocenters. The Labute approximate surface area is 121 Å². The normalized spacial score (nSPS) is 13.0. The molecule has 0 radical (unpaired) electrons. The van der Waals surface area contributed by atoms with E-state index in [0.717, 1.165) is 10.3 Å². The Balaban J connectivity index is 2.25. The molecular formula is C15H16N2S2. The number of fused-ring (bicyclic) bond motifs is 1. The van der Waals surface area contributed by atoms with E-state index in [1.807, 2.05) is 11.3 Å². The van der Waals surface area contributed by atoms with Gasteiger partial charge in [0.25, 0.3) is 0 Å². The van der Waals surface area contributed by atoms with E-state index in [2.05, 4.69) is 60.7 Å². The van der Waals surface area contributed by atoms with Crippen LogP contribution in [-0.4, -0.2) is 9.55 Å². The first kappa shape index (κ1) is 12.6.